The number of carbonyl (C=O) groups excluding carboxylic acids is 2. The van der Waals surface area contributed by atoms with Gasteiger partial charge in [0.15, 0.2) is 11.5 Å². The summed E-state index contributed by atoms with van der Waals surface area (Å²) in [6, 6.07) is 3.10. The molecule has 0 bridgehead atoms. The van der Waals surface area contributed by atoms with E-state index in [1.165, 1.54) is 13.2 Å². The number of halogens is 1. The molecule has 0 aromatic heterocycles. The fourth-order valence-corrected chi connectivity index (χ4v) is 2.20. The Morgan fingerprint density at radius 2 is 1.88 bits per heavy atom. The molecule has 24 heavy (non-hydrogen) atoms. The van der Waals surface area contributed by atoms with Crippen LogP contribution >= 0.6 is 11.6 Å². The van der Waals surface area contributed by atoms with Crippen LogP contribution < -0.4 is 20.1 Å². The average molecular weight is 357 g/mol. The Balaban J connectivity index is 2.67. The molecule has 6 nitrogen and oxygen atoms in total. The van der Waals surface area contributed by atoms with Gasteiger partial charge in [-0.3, -0.25) is 9.59 Å². The Morgan fingerprint density at radius 1 is 1.12 bits per heavy atom. The highest BCUT2D eigenvalue weighted by Crippen LogP contribution is 2.36. The van der Waals surface area contributed by atoms with Gasteiger partial charge in [-0.15, -0.1) is 0 Å². The quantitative estimate of drug-likeness (QED) is 0.675. The van der Waals surface area contributed by atoms with Crippen LogP contribution in [0.1, 0.15) is 43.5 Å². The molecule has 0 aliphatic heterocycles. The van der Waals surface area contributed by atoms with E-state index in [0.717, 1.165) is 12.8 Å². The predicted molar refractivity (Wildman–Crippen MR) is 94.0 cm³/mol. The summed E-state index contributed by atoms with van der Waals surface area (Å²) in [4.78, 5) is 23.7. The zero-order valence-corrected chi connectivity index (χ0v) is 15.2. The van der Waals surface area contributed by atoms with Gasteiger partial charge in [-0.25, -0.2) is 0 Å². The fourth-order valence-electron chi connectivity index (χ4n) is 1.94. The van der Waals surface area contributed by atoms with Crippen molar-refractivity contribution in [3.63, 3.8) is 0 Å². The Morgan fingerprint density at radius 3 is 2.50 bits per heavy atom. The molecule has 2 N–H and O–H groups in total. The molecule has 0 heterocycles. The van der Waals surface area contributed by atoms with Crippen molar-refractivity contribution in [1.82, 2.24) is 10.6 Å². The second-order valence-corrected chi connectivity index (χ2v) is 5.60. The highest BCUT2D eigenvalue weighted by atomic mass is 35.5. The molecular formula is C17H25ClN2O4. The molecule has 0 spiro atoms. The van der Waals surface area contributed by atoms with Gasteiger partial charge < -0.3 is 20.1 Å². The minimum Gasteiger partial charge on any atom is -0.493 e. The lowest BCUT2D eigenvalue weighted by molar-refractivity contribution is -0.120. The standard InChI is InChI=1S/C17H25ClN2O4/c1-4-7-19-15(21)6-8-20-17(22)12-10-13(18)16(24-9-5-2)14(11-12)23-3/h10-11H,4-9H2,1-3H3,(H,19,21)(H,20,22). The predicted octanol–water partition coefficient (Wildman–Crippen LogP) is 2.78. The van der Waals surface area contributed by atoms with Crippen molar-refractivity contribution in [3.05, 3.63) is 22.7 Å². The number of amides is 2. The third-order valence-electron chi connectivity index (χ3n) is 3.15. The van der Waals surface area contributed by atoms with Gasteiger partial charge in [0.2, 0.25) is 5.91 Å². The molecule has 2 amide bonds. The van der Waals surface area contributed by atoms with Crippen molar-refractivity contribution in [2.24, 2.45) is 0 Å². The van der Waals surface area contributed by atoms with Crippen molar-refractivity contribution in [1.29, 1.82) is 0 Å². The summed E-state index contributed by atoms with van der Waals surface area (Å²) in [7, 11) is 1.49. The first-order chi connectivity index (χ1) is 11.5. The number of methoxy groups -OCH3 is 1. The molecule has 0 radical (unpaired) electrons. The molecule has 0 aliphatic rings. The zero-order chi connectivity index (χ0) is 17.9. The van der Waals surface area contributed by atoms with Crippen molar-refractivity contribution >= 4 is 23.4 Å². The van der Waals surface area contributed by atoms with E-state index < -0.39 is 0 Å². The van der Waals surface area contributed by atoms with E-state index in [-0.39, 0.29) is 24.8 Å². The molecular weight excluding hydrogens is 332 g/mol. The minimum atomic E-state index is -0.319. The number of ether oxygens (including phenoxy) is 2. The second-order valence-electron chi connectivity index (χ2n) is 5.19. The lowest BCUT2D eigenvalue weighted by Gasteiger charge is -2.13. The first kappa shape index (κ1) is 20.1. The van der Waals surface area contributed by atoms with Gasteiger partial charge in [0.05, 0.1) is 18.7 Å². The first-order valence-corrected chi connectivity index (χ1v) is 8.46. The van der Waals surface area contributed by atoms with Crippen molar-refractivity contribution < 1.29 is 19.1 Å². The van der Waals surface area contributed by atoms with Gasteiger partial charge in [0, 0.05) is 25.1 Å². The number of rotatable bonds is 10. The van der Waals surface area contributed by atoms with Gasteiger partial charge in [-0.2, -0.15) is 0 Å². The highest BCUT2D eigenvalue weighted by molar-refractivity contribution is 6.32. The highest BCUT2D eigenvalue weighted by Gasteiger charge is 2.16. The van der Waals surface area contributed by atoms with Gasteiger partial charge in [-0.1, -0.05) is 25.4 Å². The molecule has 0 saturated heterocycles. The largest absolute Gasteiger partial charge is 0.493 e. The number of carbonyl (C=O) groups is 2. The Kier molecular flexibility index (Phi) is 9.01. The Hall–Kier alpha value is -1.95. The van der Waals surface area contributed by atoms with Crippen LogP contribution in [-0.4, -0.2) is 38.6 Å². The van der Waals surface area contributed by atoms with Crippen LogP contribution in [0.5, 0.6) is 11.5 Å². The van der Waals surface area contributed by atoms with Crippen LogP contribution in [0.15, 0.2) is 12.1 Å². The zero-order valence-electron chi connectivity index (χ0n) is 14.4. The number of benzene rings is 1. The maximum absolute atomic E-state index is 12.2. The molecule has 7 heteroatoms. The van der Waals surface area contributed by atoms with E-state index in [1.54, 1.807) is 6.07 Å². The molecule has 1 rings (SSSR count). The molecule has 1 aromatic carbocycles. The summed E-state index contributed by atoms with van der Waals surface area (Å²) in [5.74, 6) is 0.426. The van der Waals surface area contributed by atoms with E-state index in [0.29, 0.717) is 35.2 Å². The second kappa shape index (κ2) is 10.8. The van der Waals surface area contributed by atoms with Gasteiger partial charge >= 0.3 is 0 Å². The van der Waals surface area contributed by atoms with E-state index in [2.05, 4.69) is 10.6 Å². The molecule has 0 saturated carbocycles. The summed E-state index contributed by atoms with van der Waals surface area (Å²) in [6.07, 6.45) is 1.94. The summed E-state index contributed by atoms with van der Waals surface area (Å²) in [5.41, 5.74) is 0.356. The molecule has 1 aromatic rings. The van der Waals surface area contributed by atoms with Gasteiger partial charge in [-0.05, 0) is 25.0 Å². The van der Waals surface area contributed by atoms with Crippen LogP contribution in [0.3, 0.4) is 0 Å². The van der Waals surface area contributed by atoms with E-state index >= 15 is 0 Å². The Labute approximate surface area is 147 Å². The number of hydrogen-bond donors (Lipinski definition) is 2. The maximum atomic E-state index is 12.2. The van der Waals surface area contributed by atoms with Crippen molar-refractivity contribution in [2.45, 2.75) is 33.1 Å². The van der Waals surface area contributed by atoms with Gasteiger partial charge in [0.25, 0.3) is 5.91 Å². The maximum Gasteiger partial charge on any atom is 0.251 e. The summed E-state index contributed by atoms with van der Waals surface area (Å²) >= 11 is 6.19. The van der Waals surface area contributed by atoms with E-state index in [4.69, 9.17) is 21.1 Å². The molecule has 0 fully saturated rings. The molecule has 0 aliphatic carbocycles. The van der Waals surface area contributed by atoms with E-state index in [1.807, 2.05) is 13.8 Å². The smallest absolute Gasteiger partial charge is 0.251 e. The number of nitrogens with one attached hydrogen (secondary N) is 2. The molecule has 134 valence electrons. The third-order valence-corrected chi connectivity index (χ3v) is 3.43. The van der Waals surface area contributed by atoms with Crippen LogP contribution in [0.2, 0.25) is 5.02 Å². The summed E-state index contributed by atoms with van der Waals surface area (Å²) < 4.78 is 10.8. The Bertz CT molecular complexity index is 564. The SMILES string of the molecule is CCCNC(=O)CCNC(=O)c1cc(Cl)c(OCCC)c(OC)c1. The van der Waals surface area contributed by atoms with Crippen LogP contribution in [0, 0.1) is 0 Å². The fraction of sp³-hybridized carbons (Fsp3) is 0.529. The molecule has 0 unspecified atom stereocenters. The monoisotopic (exact) mass is 356 g/mol. The first-order valence-electron chi connectivity index (χ1n) is 8.08. The lowest BCUT2D eigenvalue weighted by atomic mass is 10.2. The van der Waals surface area contributed by atoms with Crippen molar-refractivity contribution in [2.75, 3.05) is 26.8 Å². The summed E-state index contributed by atoms with van der Waals surface area (Å²) in [5, 5.41) is 5.76. The topological polar surface area (TPSA) is 76.7 Å². The van der Waals surface area contributed by atoms with Crippen LogP contribution in [0.4, 0.5) is 0 Å². The lowest BCUT2D eigenvalue weighted by Crippen LogP contribution is -2.31. The van der Waals surface area contributed by atoms with Crippen LogP contribution in [0.25, 0.3) is 0 Å². The number of hydrogen-bond acceptors (Lipinski definition) is 4. The van der Waals surface area contributed by atoms with E-state index in [9.17, 15) is 9.59 Å². The molecule has 0 atom stereocenters. The van der Waals surface area contributed by atoms with Crippen LogP contribution in [-0.2, 0) is 4.79 Å². The third kappa shape index (κ3) is 6.28. The van der Waals surface area contributed by atoms with Crippen molar-refractivity contribution in [3.8, 4) is 11.5 Å². The summed E-state index contributed by atoms with van der Waals surface area (Å²) in [6.45, 7) is 5.36. The minimum absolute atomic E-state index is 0.0870. The normalized spacial score (nSPS) is 10.2. The van der Waals surface area contributed by atoms with Gasteiger partial charge in [0.1, 0.15) is 0 Å². The average Bonchev–Trinajstić information content (AvgIpc) is 2.58.